The third-order valence-corrected chi connectivity index (χ3v) is 10.2. The van der Waals surface area contributed by atoms with Gasteiger partial charge in [0, 0.05) is 0 Å². The largest absolute Gasteiger partial charge is 0.375 e. The lowest BCUT2D eigenvalue weighted by Crippen LogP contribution is -2.66. The van der Waals surface area contributed by atoms with Crippen molar-refractivity contribution in [3.8, 4) is 0 Å². The van der Waals surface area contributed by atoms with Gasteiger partial charge in [0.2, 0.25) is 5.79 Å². The van der Waals surface area contributed by atoms with Crippen molar-refractivity contribution in [2.75, 3.05) is 99.1 Å². The van der Waals surface area contributed by atoms with E-state index >= 15 is 0 Å². The maximum Gasteiger partial charge on any atom is 0.224 e. The van der Waals surface area contributed by atoms with Gasteiger partial charge in [0.1, 0.15) is 73.8 Å². The lowest BCUT2D eigenvalue weighted by molar-refractivity contribution is -0.397. The zero-order valence-electron chi connectivity index (χ0n) is 39.3. The molecule has 14 atom stereocenters. The summed E-state index contributed by atoms with van der Waals surface area (Å²) in [7, 11) is 0. The van der Waals surface area contributed by atoms with Gasteiger partial charge in [-0.25, -0.2) is 0 Å². The SMILES string of the molecule is C=CCOC[C@H]1O[C@H](OC[C@H]2O[C@H](O[C@]3(COCC=C)O[C@H](COCC=C)[C@@H](OCC=C)[C@@H]3OCC=C)[C@H](OCC=C)[C@@H](OCC=C)[C@@H]2OCC=C)[C@H](OCC=C)[C@@H](OCC=C)[C@H]1OCC=C. The fourth-order valence-corrected chi connectivity index (χ4v) is 7.65. The highest BCUT2D eigenvalue weighted by atomic mass is 16.8. The van der Waals surface area contributed by atoms with Crippen molar-refractivity contribution in [2.45, 2.75) is 85.5 Å². The van der Waals surface area contributed by atoms with Crippen LogP contribution in [0.15, 0.2) is 139 Å². The van der Waals surface area contributed by atoms with E-state index in [2.05, 4.69) is 72.4 Å². The van der Waals surface area contributed by atoms with Gasteiger partial charge in [-0.1, -0.05) is 66.8 Å². The monoisotopic (exact) mass is 945 g/mol. The maximum atomic E-state index is 7.11. The molecule has 0 N–H and O–H groups in total. The van der Waals surface area contributed by atoms with Gasteiger partial charge in [-0.15, -0.1) is 72.4 Å². The summed E-state index contributed by atoms with van der Waals surface area (Å²) in [4.78, 5) is 0. The van der Waals surface area contributed by atoms with Crippen LogP contribution in [0.3, 0.4) is 0 Å². The fourth-order valence-electron chi connectivity index (χ4n) is 7.65. The first kappa shape index (κ1) is 57.8. The molecule has 3 aliphatic heterocycles. The molecule has 0 spiro atoms. The minimum absolute atomic E-state index is 0.0756. The lowest BCUT2D eigenvalue weighted by atomic mass is 9.97. The highest BCUT2D eigenvalue weighted by molar-refractivity contribution is 5.03. The smallest absolute Gasteiger partial charge is 0.224 e. The van der Waals surface area contributed by atoms with Gasteiger partial charge >= 0.3 is 0 Å². The fraction of sp³-hybridized carbons (Fsp3) is 0.569. The van der Waals surface area contributed by atoms with Crippen LogP contribution in [0.2, 0.25) is 0 Å². The Morgan fingerprint density at radius 3 is 1.16 bits per heavy atom. The summed E-state index contributed by atoms with van der Waals surface area (Å²) in [5.41, 5.74) is 0. The summed E-state index contributed by atoms with van der Waals surface area (Å²) in [6.07, 6.45) is 6.41. The molecule has 3 saturated heterocycles. The van der Waals surface area contributed by atoms with Crippen LogP contribution in [0, 0.1) is 0 Å². The Labute approximate surface area is 398 Å². The lowest BCUT2D eigenvalue weighted by Gasteiger charge is -2.49. The quantitative estimate of drug-likeness (QED) is 0.0542. The minimum atomic E-state index is -1.73. The van der Waals surface area contributed by atoms with Gasteiger partial charge in [0.25, 0.3) is 0 Å². The van der Waals surface area contributed by atoms with Crippen LogP contribution in [0.25, 0.3) is 0 Å². The molecule has 0 amide bonds. The number of rotatable bonds is 41. The highest BCUT2D eigenvalue weighted by Crippen LogP contribution is 2.42. The maximum absolute atomic E-state index is 7.11. The predicted octanol–water partition coefficient (Wildman–Crippen LogP) is 5.74. The predicted molar refractivity (Wildman–Crippen MR) is 255 cm³/mol. The average Bonchev–Trinajstić information content (AvgIpc) is 3.61. The van der Waals surface area contributed by atoms with Crippen molar-refractivity contribution >= 4 is 0 Å². The molecule has 0 radical (unpaired) electrons. The zero-order chi connectivity index (χ0) is 48.7. The Morgan fingerprint density at radius 2 is 0.687 bits per heavy atom. The van der Waals surface area contributed by atoms with Crippen LogP contribution in [0.5, 0.6) is 0 Å². The van der Waals surface area contributed by atoms with Gasteiger partial charge in [0.15, 0.2) is 12.6 Å². The van der Waals surface area contributed by atoms with Crippen LogP contribution in [0.4, 0.5) is 0 Å². The van der Waals surface area contributed by atoms with Gasteiger partial charge < -0.3 is 75.8 Å². The Morgan fingerprint density at radius 1 is 0.328 bits per heavy atom. The Bertz CT molecular complexity index is 1510. The summed E-state index contributed by atoms with van der Waals surface area (Å²) in [5.74, 6) is -1.73. The van der Waals surface area contributed by atoms with Crippen LogP contribution in [-0.2, 0) is 75.8 Å². The molecule has 3 heterocycles. The molecule has 0 unspecified atom stereocenters. The summed E-state index contributed by atoms with van der Waals surface area (Å²) >= 11 is 0. The molecular weight excluding hydrogens is 869 g/mol. The van der Waals surface area contributed by atoms with Gasteiger partial charge in [-0.2, -0.15) is 0 Å². The van der Waals surface area contributed by atoms with Crippen molar-refractivity contribution in [1.82, 2.24) is 0 Å². The molecule has 16 nitrogen and oxygen atoms in total. The number of hydrogen-bond acceptors (Lipinski definition) is 16. The third-order valence-electron chi connectivity index (χ3n) is 10.2. The molecule has 0 aliphatic carbocycles. The van der Waals surface area contributed by atoms with Crippen LogP contribution < -0.4 is 0 Å². The van der Waals surface area contributed by atoms with E-state index in [0.717, 1.165) is 0 Å². The van der Waals surface area contributed by atoms with Crippen molar-refractivity contribution in [1.29, 1.82) is 0 Å². The first-order valence-electron chi connectivity index (χ1n) is 22.5. The molecule has 0 aromatic heterocycles. The van der Waals surface area contributed by atoms with Crippen molar-refractivity contribution in [3.63, 3.8) is 0 Å². The Balaban J connectivity index is 2.20. The van der Waals surface area contributed by atoms with Crippen molar-refractivity contribution < 1.29 is 75.8 Å². The molecule has 16 heteroatoms. The first-order valence-corrected chi connectivity index (χ1v) is 22.5. The van der Waals surface area contributed by atoms with E-state index < -0.39 is 85.5 Å². The van der Waals surface area contributed by atoms with E-state index in [0.29, 0.717) is 0 Å². The summed E-state index contributed by atoms with van der Waals surface area (Å²) in [5, 5.41) is 0. The molecule has 3 aliphatic rings. The second-order valence-corrected chi connectivity index (χ2v) is 15.1. The van der Waals surface area contributed by atoms with Crippen LogP contribution in [-0.4, -0.2) is 185 Å². The molecular formula is C51H76O16. The van der Waals surface area contributed by atoms with Crippen LogP contribution in [0.1, 0.15) is 0 Å². The van der Waals surface area contributed by atoms with Crippen molar-refractivity contribution in [3.05, 3.63) is 139 Å². The Hall–Kier alpha value is -3.50. The Kier molecular flexibility index (Phi) is 29.3. The molecule has 3 rings (SSSR count). The normalized spacial score (nSPS) is 31.6. The standard InChI is InChI=1S/C51H76O16/c1-12-23-52-34-38-41(55-26-15-4)44(58-29-18-7)46(60-31-20-9)49(64-38)63-36-39-42(56-27-16-5)45(59-30-19-8)47(61-32-21-10)50(65-39)67-51(37-54-25-14-3)48(62-33-22-11)43(57-28-17-6)40(66-51)35-53-24-13-2/h12-22,38-50H,1-11,23-37H2/t38-,39-,40-,41+,42-,43-,44+,45+,46-,47-,48+,49+,50-,51+/m1/s1. The number of hydrogen-bond donors (Lipinski definition) is 0. The van der Waals surface area contributed by atoms with E-state index in [1.165, 1.54) is 0 Å². The van der Waals surface area contributed by atoms with E-state index in [1.54, 1.807) is 66.8 Å². The van der Waals surface area contributed by atoms with E-state index in [-0.39, 0.29) is 99.1 Å². The molecule has 0 bridgehead atoms. The first-order chi connectivity index (χ1) is 32.8. The van der Waals surface area contributed by atoms with Crippen molar-refractivity contribution in [2.24, 2.45) is 0 Å². The topological polar surface area (TPSA) is 148 Å². The van der Waals surface area contributed by atoms with Crippen LogP contribution >= 0.6 is 0 Å². The van der Waals surface area contributed by atoms with E-state index in [1.807, 2.05) is 0 Å². The molecule has 0 saturated carbocycles. The summed E-state index contributed by atoms with van der Waals surface area (Å²) in [6.45, 7) is 43.9. The summed E-state index contributed by atoms with van der Waals surface area (Å²) in [6, 6.07) is 0. The molecule has 0 aromatic carbocycles. The molecule has 376 valence electrons. The van der Waals surface area contributed by atoms with Gasteiger partial charge in [-0.3, -0.25) is 0 Å². The molecule has 3 fully saturated rings. The second-order valence-electron chi connectivity index (χ2n) is 15.1. The number of ether oxygens (including phenoxy) is 16. The van der Waals surface area contributed by atoms with E-state index in [4.69, 9.17) is 75.8 Å². The molecule has 0 aromatic rings. The average molecular weight is 945 g/mol. The second kappa shape index (κ2) is 33.9. The zero-order valence-corrected chi connectivity index (χ0v) is 39.3. The van der Waals surface area contributed by atoms with Gasteiger partial charge in [-0.05, 0) is 0 Å². The minimum Gasteiger partial charge on any atom is -0.375 e. The summed E-state index contributed by atoms with van der Waals surface area (Å²) < 4.78 is 103. The highest BCUT2D eigenvalue weighted by Gasteiger charge is 2.62. The molecule has 67 heavy (non-hydrogen) atoms. The third kappa shape index (κ3) is 17.8. The van der Waals surface area contributed by atoms with Gasteiger partial charge in [0.05, 0.1) is 92.5 Å². The van der Waals surface area contributed by atoms with E-state index in [9.17, 15) is 0 Å².